The zero-order valence-electron chi connectivity index (χ0n) is 12.9. The minimum Gasteiger partial charge on any atom is -0.465 e. The van der Waals surface area contributed by atoms with Crippen molar-refractivity contribution in [1.29, 1.82) is 0 Å². The lowest BCUT2D eigenvalue weighted by atomic mass is 10.1. The Morgan fingerprint density at radius 3 is 2.09 bits per heavy atom. The van der Waals surface area contributed by atoms with E-state index in [0.717, 1.165) is 5.56 Å². The second kappa shape index (κ2) is 9.92. The maximum atomic E-state index is 11.8. The van der Waals surface area contributed by atoms with Crippen molar-refractivity contribution in [3.05, 3.63) is 35.9 Å². The second-order valence-corrected chi connectivity index (χ2v) is 4.99. The van der Waals surface area contributed by atoms with Gasteiger partial charge in [-0.3, -0.25) is 9.59 Å². The Labute approximate surface area is 130 Å². The highest BCUT2D eigenvalue weighted by molar-refractivity contribution is 5.76. The molecule has 22 heavy (non-hydrogen) atoms. The molecule has 0 aliphatic heterocycles. The van der Waals surface area contributed by atoms with E-state index in [2.05, 4.69) is 0 Å². The van der Waals surface area contributed by atoms with E-state index in [1.807, 2.05) is 30.3 Å². The molecule has 4 N–H and O–H groups in total. The van der Waals surface area contributed by atoms with Crippen LogP contribution in [0.4, 0.5) is 0 Å². The molecule has 1 aromatic rings. The third-order valence-electron chi connectivity index (χ3n) is 3.15. The maximum Gasteiger partial charge on any atom is 0.323 e. The highest BCUT2D eigenvalue weighted by Crippen LogP contribution is 2.06. The van der Waals surface area contributed by atoms with Gasteiger partial charge in [0.1, 0.15) is 18.7 Å². The van der Waals surface area contributed by atoms with E-state index < -0.39 is 24.0 Å². The summed E-state index contributed by atoms with van der Waals surface area (Å²) < 4.78 is 9.96. The molecule has 122 valence electrons. The summed E-state index contributed by atoms with van der Waals surface area (Å²) in [5.41, 5.74) is 12.3. The van der Waals surface area contributed by atoms with Crippen molar-refractivity contribution < 1.29 is 19.1 Å². The molecule has 0 fully saturated rings. The molecule has 0 aromatic heterocycles. The molecule has 0 aliphatic carbocycles. The Morgan fingerprint density at radius 1 is 1.00 bits per heavy atom. The smallest absolute Gasteiger partial charge is 0.323 e. The number of carbonyl (C=O) groups is 2. The highest BCUT2D eigenvalue weighted by atomic mass is 16.5. The quantitative estimate of drug-likeness (QED) is 0.662. The van der Waals surface area contributed by atoms with Gasteiger partial charge in [0.05, 0.1) is 6.61 Å². The van der Waals surface area contributed by atoms with Crippen molar-refractivity contribution in [3.8, 4) is 0 Å². The molecule has 0 saturated heterocycles. The number of ether oxygens (including phenoxy) is 2. The van der Waals surface area contributed by atoms with Crippen LogP contribution in [0.3, 0.4) is 0 Å². The zero-order valence-corrected chi connectivity index (χ0v) is 12.9. The van der Waals surface area contributed by atoms with Crippen LogP contribution in [0.1, 0.15) is 31.7 Å². The molecular weight excluding hydrogens is 284 g/mol. The van der Waals surface area contributed by atoms with Crippen molar-refractivity contribution in [1.82, 2.24) is 0 Å². The third kappa shape index (κ3) is 6.69. The van der Waals surface area contributed by atoms with Gasteiger partial charge in [0.2, 0.25) is 0 Å². The molecule has 0 heterocycles. The fourth-order valence-corrected chi connectivity index (χ4v) is 1.88. The summed E-state index contributed by atoms with van der Waals surface area (Å²) >= 11 is 0. The van der Waals surface area contributed by atoms with Gasteiger partial charge in [-0.15, -0.1) is 0 Å². The van der Waals surface area contributed by atoms with Crippen molar-refractivity contribution in [2.75, 3.05) is 6.61 Å². The molecule has 0 radical (unpaired) electrons. The molecule has 1 unspecified atom stereocenters. The first-order chi connectivity index (χ1) is 10.5. The van der Waals surface area contributed by atoms with Gasteiger partial charge in [0, 0.05) is 0 Å². The van der Waals surface area contributed by atoms with E-state index in [4.69, 9.17) is 20.9 Å². The van der Waals surface area contributed by atoms with Crippen molar-refractivity contribution in [2.45, 2.75) is 44.9 Å². The van der Waals surface area contributed by atoms with Crippen molar-refractivity contribution in [3.63, 3.8) is 0 Å². The van der Waals surface area contributed by atoms with E-state index in [9.17, 15) is 9.59 Å². The van der Waals surface area contributed by atoms with E-state index in [0.29, 0.717) is 25.9 Å². The summed E-state index contributed by atoms with van der Waals surface area (Å²) in [4.78, 5) is 23.1. The number of hydrogen-bond acceptors (Lipinski definition) is 6. The van der Waals surface area contributed by atoms with Gasteiger partial charge < -0.3 is 20.9 Å². The SMILES string of the molecule is CCOC(=O)[C@@H](N)CCCC(N)C(=O)OCc1ccccc1. The average Bonchev–Trinajstić information content (AvgIpc) is 2.53. The molecular formula is C16H24N2O4. The van der Waals surface area contributed by atoms with E-state index in [1.165, 1.54) is 0 Å². The van der Waals surface area contributed by atoms with Crippen LogP contribution >= 0.6 is 0 Å². The van der Waals surface area contributed by atoms with Crippen LogP contribution in [-0.4, -0.2) is 30.6 Å². The van der Waals surface area contributed by atoms with Crippen LogP contribution in [0.25, 0.3) is 0 Å². The summed E-state index contributed by atoms with van der Waals surface area (Å²) in [7, 11) is 0. The lowest BCUT2D eigenvalue weighted by Crippen LogP contribution is -2.35. The number of nitrogens with two attached hydrogens (primary N) is 2. The molecule has 6 nitrogen and oxygen atoms in total. The zero-order chi connectivity index (χ0) is 16.4. The van der Waals surface area contributed by atoms with Crippen LogP contribution in [0.2, 0.25) is 0 Å². The molecule has 1 rings (SSSR count). The lowest BCUT2D eigenvalue weighted by molar-refractivity contribution is -0.146. The van der Waals surface area contributed by atoms with Gasteiger partial charge in [-0.25, -0.2) is 0 Å². The Bertz CT molecular complexity index is 464. The number of carbonyl (C=O) groups excluding carboxylic acids is 2. The van der Waals surface area contributed by atoms with Crippen LogP contribution in [0.15, 0.2) is 30.3 Å². The monoisotopic (exact) mass is 308 g/mol. The second-order valence-electron chi connectivity index (χ2n) is 4.99. The van der Waals surface area contributed by atoms with Gasteiger partial charge in [-0.05, 0) is 31.7 Å². The molecule has 0 spiro atoms. The fraction of sp³-hybridized carbons (Fsp3) is 0.500. The fourth-order valence-electron chi connectivity index (χ4n) is 1.88. The maximum absolute atomic E-state index is 11.8. The average molecular weight is 308 g/mol. The van der Waals surface area contributed by atoms with Crippen molar-refractivity contribution >= 4 is 11.9 Å². The predicted octanol–water partition coefficient (Wildman–Crippen LogP) is 1.12. The first-order valence-corrected chi connectivity index (χ1v) is 7.43. The topological polar surface area (TPSA) is 105 Å². The van der Waals surface area contributed by atoms with Crippen molar-refractivity contribution in [2.24, 2.45) is 11.5 Å². The van der Waals surface area contributed by atoms with Crippen LogP contribution in [-0.2, 0) is 25.7 Å². The minimum atomic E-state index is -0.710. The number of esters is 2. The van der Waals surface area contributed by atoms with E-state index >= 15 is 0 Å². The van der Waals surface area contributed by atoms with Gasteiger partial charge in [-0.2, -0.15) is 0 Å². The Hall–Kier alpha value is -1.92. The highest BCUT2D eigenvalue weighted by Gasteiger charge is 2.18. The minimum absolute atomic E-state index is 0.204. The molecule has 1 aromatic carbocycles. The molecule has 0 aliphatic rings. The summed E-state index contributed by atoms with van der Waals surface area (Å²) in [6, 6.07) is 8.00. The van der Waals surface area contributed by atoms with E-state index in [1.54, 1.807) is 6.92 Å². The Kier molecular flexibility index (Phi) is 8.17. The number of hydrogen-bond donors (Lipinski definition) is 2. The predicted molar refractivity (Wildman–Crippen MR) is 82.7 cm³/mol. The van der Waals surface area contributed by atoms with Crippen LogP contribution < -0.4 is 11.5 Å². The van der Waals surface area contributed by atoms with E-state index in [-0.39, 0.29) is 6.61 Å². The first kappa shape index (κ1) is 18.1. The summed E-state index contributed by atoms with van der Waals surface area (Å²) in [5.74, 6) is -0.878. The molecule has 0 amide bonds. The molecule has 6 heteroatoms. The van der Waals surface area contributed by atoms with Crippen LogP contribution in [0.5, 0.6) is 0 Å². The summed E-state index contributed by atoms with van der Waals surface area (Å²) in [6.45, 7) is 2.23. The van der Waals surface area contributed by atoms with Crippen LogP contribution in [0, 0.1) is 0 Å². The third-order valence-corrected chi connectivity index (χ3v) is 3.15. The normalized spacial score (nSPS) is 13.2. The first-order valence-electron chi connectivity index (χ1n) is 7.43. The molecule has 0 bridgehead atoms. The summed E-state index contributed by atoms with van der Waals surface area (Å²) in [5, 5.41) is 0. The van der Waals surface area contributed by atoms with Gasteiger partial charge in [0.15, 0.2) is 0 Å². The van der Waals surface area contributed by atoms with Gasteiger partial charge >= 0.3 is 11.9 Å². The lowest BCUT2D eigenvalue weighted by Gasteiger charge is -2.13. The number of benzene rings is 1. The Morgan fingerprint density at radius 2 is 1.55 bits per heavy atom. The molecule has 0 saturated carbocycles. The largest absolute Gasteiger partial charge is 0.465 e. The van der Waals surface area contributed by atoms with Gasteiger partial charge in [-0.1, -0.05) is 30.3 Å². The Balaban J connectivity index is 2.22. The standard InChI is InChI=1S/C16H24N2O4/c1-2-21-15(19)13(17)9-6-10-14(18)16(20)22-11-12-7-4-3-5-8-12/h3-5,7-8,13-14H,2,6,9-11,17-18H2,1H3/t13-,14?/m0/s1. The number of rotatable bonds is 9. The molecule has 2 atom stereocenters. The van der Waals surface area contributed by atoms with Gasteiger partial charge in [0.25, 0.3) is 0 Å². The summed E-state index contributed by atoms with van der Waals surface area (Å²) in [6.07, 6.45) is 1.40.